The van der Waals surface area contributed by atoms with Crippen molar-refractivity contribution in [2.24, 2.45) is 0 Å². The van der Waals surface area contributed by atoms with E-state index in [0.717, 1.165) is 17.1 Å². The van der Waals surface area contributed by atoms with Gasteiger partial charge in [-0.25, -0.2) is 0 Å². The molecule has 0 saturated carbocycles. The molecule has 0 amide bonds. The summed E-state index contributed by atoms with van der Waals surface area (Å²) < 4.78 is 15.9. The monoisotopic (exact) mass is 252 g/mol. The van der Waals surface area contributed by atoms with E-state index in [1.54, 1.807) is 28.1 Å². The number of rotatable bonds is 4. The lowest BCUT2D eigenvalue weighted by atomic mass is 9.67. The van der Waals surface area contributed by atoms with Crippen molar-refractivity contribution in [2.75, 3.05) is 27.4 Å². The highest BCUT2D eigenvalue weighted by atomic mass is 16.5. The van der Waals surface area contributed by atoms with Gasteiger partial charge in [-0.3, -0.25) is 0 Å². The van der Waals surface area contributed by atoms with Gasteiger partial charge in [-0.1, -0.05) is 6.07 Å². The van der Waals surface area contributed by atoms with E-state index in [-0.39, 0.29) is 0 Å². The van der Waals surface area contributed by atoms with E-state index < -0.39 is 11.0 Å². The molecule has 18 heavy (non-hydrogen) atoms. The van der Waals surface area contributed by atoms with E-state index in [9.17, 15) is 5.11 Å². The van der Waals surface area contributed by atoms with Gasteiger partial charge in [0.05, 0.1) is 38.4 Å². The van der Waals surface area contributed by atoms with Crippen molar-refractivity contribution in [3.05, 3.63) is 23.8 Å². The molecule has 1 aromatic carbocycles. The van der Waals surface area contributed by atoms with Crippen LogP contribution in [-0.4, -0.2) is 38.1 Å². The van der Waals surface area contributed by atoms with Crippen molar-refractivity contribution in [3.63, 3.8) is 0 Å². The van der Waals surface area contributed by atoms with Crippen molar-refractivity contribution < 1.29 is 19.3 Å². The number of ether oxygens (including phenoxy) is 3. The lowest BCUT2D eigenvalue weighted by Gasteiger charge is -2.50. The molecular formula is C14H20O4. The third kappa shape index (κ3) is 1.85. The highest BCUT2D eigenvalue weighted by molar-refractivity contribution is 5.47. The molecule has 1 N–H and O–H groups in total. The predicted octanol–water partition coefficient (Wildman–Crippen LogP) is 1.74. The molecule has 0 aliphatic carbocycles. The third-order valence-electron chi connectivity index (χ3n) is 3.79. The summed E-state index contributed by atoms with van der Waals surface area (Å²) in [6.07, 6.45) is 0. The normalized spacial score (nSPS) is 18.1. The molecule has 1 heterocycles. The van der Waals surface area contributed by atoms with Gasteiger partial charge in [0.15, 0.2) is 0 Å². The fourth-order valence-corrected chi connectivity index (χ4v) is 2.34. The molecule has 1 fully saturated rings. The van der Waals surface area contributed by atoms with Gasteiger partial charge in [0.2, 0.25) is 0 Å². The average Bonchev–Trinajstić information content (AvgIpc) is 2.26. The SMILES string of the molecule is COc1ccc(C2(C(C)(C)O)COC2)c(OC)c1. The lowest BCUT2D eigenvalue weighted by Crippen LogP contribution is -2.60. The first-order valence-electron chi connectivity index (χ1n) is 5.97. The maximum Gasteiger partial charge on any atom is 0.126 e. The largest absolute Gasteiger partial charge is 0.497 e. The van der Waals surface area contributed by atoms with Gasteiger partial charge < -0.3 is 19.3 Å². The van der Waals surface area contributed by atoms with Gasteiger partial charge in [-0.05, 0) is 19.9 Å². The summed E-state index contributed by atoms with van der Waals surface area (Å²) in [7, 11) is 3.24. The average molecular weight is 252 g/mol. The van der Waals surface area contributed by atoms with Gasteiger partial charge in [0, 0.05) is 11.6 Å². The Morgan fingerprint density at radius 2 is 1.89 bits per heavy atom. The molecule has 1 saturated heterocycles. The topological polar surface area (TPSA) is 47.9 Å². The van der Waals surface area contributed by atoms with Crippen LogP contribution in [0, 0.1) is 0 Å². The standard InChI is InChI=1S/C14H20O4/c1-13(2,15)14(8-18-9-14)11-6-5-10(16-3)7-12(11)17-4/h5-7,15H,8-9H2,1-4H3. The molecule has 0 spiro atoms. The third-order valence-corrected chi connectivity index (χ3v) is 3.79. The highest BCUT2D eigenvalue weighted by Crippen LogP contribution is 2.46. The van der Waals surface area contributed by atoms with Crippen LogP contribution in [0.25, 0.3) is 0 Å². The Labute approximate surface area is 107 Å². The summed E-state index contributed by atoms with van der Waals surface area (Å²) in [5.41, 5.74) is -0.317. The second-order valence-corrected chi connectivity index (χ2v) is 5.20. The smallest absolute Gasteiger partial charge is 0.126 e. The minimum absolute atomic E-state index is 0.412. The van der Waals surface area contributed by atoms with Crippen molar-refractivity contribution in [3.8, 4) is 11.5 Å². The van der Waals surface area contributed by atoms with Gasteiger partial charge in [0.1, 0.15) is 11.5 Å². The Balaban J connectivity index is 2.49. The van der Waals surface area contributed by atoms with Crippen LogP contribution >= 0.6 is 0 Å². The first-order chi connectivity index (χ1) is 8.44. The van der Waals surface area contributed by atoms with Crippen LogP contribution in [0.2, 0.25) is 0 Å². The van der Waals surface area contributed by atoms with Crippen LogP contribution in [-0.2, 0) is 10.2 Å². The van der Waals surface area contributed by atoms with E-state index in [1.165, 1.54) is 0 Å². The van der Waals surface area contributed by atoms with Crippen LogP contribution in [0.3, 0.4) is 0 Å². The summed E-state index contributed by atoms with van der Waals surface area (Å²) in [6, 6.07) is 5.66. The molecule has 4 heteroatoms. The zero-order valence-corrected chi connectivity index (χ0v) is 11.3. The molecule has 1 aliphatic heterocycles. The highest BCUT2D eigenvalue weighted by Gasteiger charge is 2.53. The van der Waals surface area contributed by atoms with Crippen LogP contribution in [0.15, 0.2) is 18.2 Å². The maximum atomic E-state index is 10.4. The quantitative estimate of drug-likeness (QED) is 0.886. The Morgan fingerprint density at radius 1 is 1.22 bits per heavy atom. The lowest BCUT2D eigenvalue weighted by molar-refractivity contribution is -0.158. The molecule has 1 aromatic rings. The minimum atomic E-state index is -0.868. The second kappa shape index (κ2) is 4.44. The second-order valence-electron chi connectivity index (χ2n) is 5.20. The van der Waals surface area contributed by atoms with Crippen molar-refractivity contribution >= 4 is 0 Å². The van der Waals surface area contributed by atoms with Crippen LogP contribution in [0.4, 0.5) is 0 Å². The number of aliphatic hydroxyl groups is 1. The van der Waals surface area contributed by atoms with E-state index in [0.29, 0.717) is 13.2 Å². The van der Waals surface area contributed by atoms with E-state index in [2.05, 4.69) is 0 Å². The Hall–Kier alpha value is -1.26. The number of benzene rings is 1. The molecule has 0 radical (unpaired) electrons. The molecule has 2 rings (SSSR count). The molecule has 0 aromatic heterocycles. The fourth-order valence-electron chi connectivity index (χ4n) is 2.34. The maximum absolute atomic E-state index is 10.4. The van der Waals surface area contributed by atoms with Crippen LogP contribution in [0.1, 0.15) is 19.4 Å². The van der Waals surface area contributed by atoms with Crippen LogP contribution < -0.4 is 9.47 Å². The molecular weight excluding hydrogens is 232 g/mol. The first-order valence-corrected chi connectivity index (χ1v) is 5.97. The molecule has 1 aliphatic rings. The van der Waals surface area contributed by atoms with Crippen molar-refractivity contribution in [2.45, 2.75) is 24.9 Å². The molecule has 0 bridgehead atoms. The Bertz CT molecular complexity index is 430. The number of hydrogen-bond acceptors (Lipinski definition) is 4. The predicted molar refractivity (Wildman–Crippen MR) is 68.3 cm³/mol. The molecule has 0 atom stereocenters. The van der Waals surface area contributed by atoms with Crippen molar-refractivity contribution in [1.82, 2.24) is 0 Å². The summed E-state index contributed by atoms with van der Waals surface area (Å²) in [4.78, 5) is 0. The minimum Gasteiger partial charge on any atom is -0.497 e. The summed E-state index contributed by atoms with van der Waals surface area (Å²) >= 11 is 0. The fraction of sp³-hybridized carbons (Fsp3) is 0.571. The van der Waals surface area contributed by atoms with Gasteiger partial charge in [-0.15, -0.1) is 0 Å². The van der Waals surface area contributed by atoms with E-state index >= 15 is 0 Å². The molecule has 100 valence electrons. The van der Waals surface area contributed by atoms with Gasteiger partial charge >= 0.3 is 0 Å². The van der Waals surface area contributed by atoms with Gasteiger partial charge in [0.25, 0.3) is 0 Å². The zero-order valence-electron chi connectivity index (χ0n) is 11.3. The molecule has 4 nitrogen and oxygen atoms in total. The van der Waals surface area contributed by atoms with Crippen LogP contribution in [0.5, 0.6) is 11.5 Å². The Morgan fingerprint density at radius 3 is 2.28 bits per heavy atom. The number of methoxy groups -OCH3 is 2. The summed E-state index contributed by atoms with van der Waals surface area (Å²) in [6.45, 7) is 4.61. The summed E-state index contributed by atoms with van der Waals surface area (Å²) in [5.74, 6) is 1.46. The Kier molecular flexibility index (Phi) is 3.25. The van der Waals surface area contributed by atoms with Crippen molar-refractivity contribution in [1.29, 1.82) is 0 Å². The van der Waals surface area contributed by atoms with Gasteiger partial charge in [-0.2, -0.15) is 0 Å². The number of hydrogen-bond donors (Lipinski definition) is 1. The molecule has 0 unspecified atom stereocenters. The summed E-state index contributed by atoms with van der Waals surface area (Å²) in [5, 5.41) is 10.4. The van der Waals surface area contributed by atoms with E-state index in [4.69, 9.17) is 14.2 Å². The van der Waals surface area contributed by atoms with E-state index in [1.807, 2.05) is 18.2 Å². The first kappa shape index (κ1) is 13.2. The zero-order chi connectivity index (χ0) is 13.4.